The van der Waals surface area contributed by atoms with E-state index in [4.69, 9.17) is 0 Å². The summed E-state index contributed by atoms with van der Waals surface area (Å²) in [5, 5.41) is 7.65. The van der Waals surface area contributed by atoms with Crippen LogP contribution in [0.3, 0.4) is 0 Å². The van der Waals surface area contributed by atoms with Gasteiger partial charge >= 0.3 is 0 Å². The number of rotatable bonds is 4. The molecule has 0 unspecified atom stereocenters. The monoisotopic (exact) mass is 270 g/mol. The Kier molecular flexibility index (Phi) is 4.35. The van der Waals surface area contributed by atoms with E-state index in [1.807, 2.05) is 50.2 Å². The first kappa shape index (κ1) is 14.1. The molecule has 0 fully saturated rings. The Hall–Kier alpha value is -2.36. The molecule has 2 amide bonds. The Labute approximate surface area is 118 Å². The van der Waals surface area contributed by atoms with Crippen molar-refractivity contribution in [2.45, 2.75) is 26.7 Å². The Morgan fingerprint density at radius 1 is 0.950 bits per heavy atom. The molecule has 20 heavy (non-hydrogen) atoms. The standard InChI is InChI=1S/C16H18N2O2/c1-3-15(19)17-12-8-9-13-11(10-12)6-5-7-14(13)18-16(20)4-2/h5-10H,3-4H2,1-2H3,(H,17,19)(H,18,20). The molecule has 104 valence electrons. The predicted octanol–water partition coefficient (Wildman–Crippen LogP) is 3.54. The van der Waals surface area contributed by atoms with Gasteiger partial charge in [-0.3, -0.25) is 9.59 Å². The van der Waals surface area contributed by atoms with Gasteiger partial charge in [-0.2, -0.15) is 0 Å². The van der Waals surface area contributed by atoms with Gasteiger partial charge in [-0.15, -0.1) is 0 Å². The quantitative estimate of drug-likeness (QED) is 0.892. The average Bonchev–Trinajstić information content (AvgIpc) is 2.47. The molecule has 2 aromatic carbocycles. The van der Waals surface area contributed by atoms with Crippen LogP contribution >= 0.6 is 0 Å². The van der Waals surface area contributed by atoms with Gasteiger partial charge in [-0.25, -0.2) is 0 Å². The van der Waals surface area contributed by atoms with Crippen LogP contribution in [0.4, 0.5) is 11.4 Å². The maximum absolute atomic E-state index is 11.5. The second-order valence-electron chi connectivity index (χ2n) is 4.54. The molecule has 4 heteroatoms. The van der Waals surface area contributed by atoms with Gasteiger partial charge in [0.25, 0.3) is 0 Å². The van der Waals surface area contributed by atoms with Gasteiger partial charge in [0.2, 0.25) is 11.8 Å². The normalized spacial score (nSPS) is 10.3. The summed E-state index contributed by atoms with van der Waals surface area (Å²) in [6, 6.07) is 11.4. The Balaban J connectivity index is 2.35. The molecule has 0 aromatic heterocycles. The number of nitrogens with one attached hydrogen (secondary N) is 2. The molecular formula is C16H18N2O2. The molecule has 2 aromatic rings. The maximum Gasteiger partial charge on any atom is 0.224 e. The smallest absolute Gasteiger partial charge is 0.224 e. The minimum atomic E-state index is -0.0141. The van der Waals surface area contributed by atoms with E-state index in [-0.39, 0.29) is 11.8 Å². The van der Waals surface area contributed by atoms with Crippen LogP contribution in [0.1, 0.15) is 26.7 Å². The fourth-order valence-corrected chi connectivity index (χ4v) is 1.96. The first-order chi connectivity index (χ1) is 9.63. The van der Waals surface area contributed by atoms with Crippen molar-refractivity contribution >= 4 is 34.0 Å². The summed E-state index contributed by atoms with van der Waals surface area (Å²) in [5.74, 6) is -0.0272. The number of fused-ring (bicyclic) bond motifs is 1. The van der Waals surface area contributed by atoms with Gasteiger partial charge in [0, 0.05) is 29.6 Å². The van der Waals surface area contributed by atoms with Crippen LogP contribution in [-0.2, 0) is 9.59 Å². The summed E-state index contributed by atoms with van der Waals surface area (Å²) in [6.45, 7) is 3.63. The highest BCUT2D eigenvalue weighted by molar-refractivity contribution is 6.03. The molecule has 0 saturated carbocycles. The van der Waals surface area contributed by atoms with Crippen molar-refractivity contribution < 1.29 is 9.59 Å². The van der Waals surface area contributed by atoms with Crippen molar-refractivity contribution in [3.05, 3.63) is 36.4 Å². The molecule has 0 aliphatic rings. The van der Waals surface area contributed by atoms with Crippen LogP contribution < -0.4 is 10.6 Å². The lowest BCUT2D eigenvalue weighted by atomic mass is 10.1. The Bertz CT molecular complexity index is 650. The maximum atomic E-state index is 11.5. The molecular weight excluding hydrogens is 252 g/mol. The Morgan fingerprint density at radius 3 is 2.35 bits per heavy atom. The van der Waals surface area contributed by atoms with E-state index in [1.165, 1.54) is 0 Å². The molecule has 0 saturated heterocycles. The lowest BCUT2D eigenvalue weighted by Gasteiger charge is -2.10. The first-order valence-corrected chi connectivity index (χ1v) is 6.76. The van der Waals surface area contributed by atoms with Crippen molar-refractivity contribution in [2.24, 2.45) is 0 Å². The van der Waals surface area contributed by atoms with Gasteiger partial charge in [-0.1, -0.05) is 32.0 Å². The molecule has 0 aliphatic heterocycles. The first-order valence-electron chi connectivity index (χ1n) is 6.76. The van der Waals surface area contributed by atoms with E-state index in [1.54, 1.807) is 0 Å². The topological polar surface area (TPSA) is 58.2 Å². The predicted molar refractivity (Wildman–Crippen MR) is 81.8 cm³/mol. The van der Waals surface area contributed by atoms with Crippen molar-refractivity contribution in [1.82, 2.24) is 0 Å². The summed E-state index contributed by atoms with van der Waals surface area (Å²) < 4.78 is 0. The van der Waals surface area contributed by atoms with Crippen LogP contribution in [-0.4, -0.2) is 11.8 Å². The summed E-state index contributed by atoms with van der Waals surface area (Å²) in [5.41, 5.74) is 1.56. The van der Waals surface area contributed by atoms with Crippen LogP contribution in [0.2, 0.25) is 0 Å². The molecule has 0 atom stereocenters. The third-order valence-corrected chi connectivity index (χ3v) is 3.08. The van der Waals surface area contributed by atoms with Crippen molar-refractivity contribution in [1.29, 1.82) is 0 Å². The van der Waals surface area contributed by atoms with Crippen molar-refractivity contribution in [3.8, 4) is 0 Å². The molecule has 2 N–H and O–H groups in total. The van der Waals surface area contributed by atoms with Gasteiger partial charge in [0.1, 0.15) is 0 Å². The van der Waals surface area contributed by atoms with Gasteiger partial charge in [0.15, 0.2) is 0 Å². The summed E-state index contributed by atoms with van der Waals surface area (Å²) in [7, 11) is 0. The number of anilines is 2. The lowest BCUT2D eigenvalue weighted by molar-refractivity contribution is -0.116. The minimum Gasteiger partial charge on any atom is -0.326 e. The second-order valence-corrected chi connectivity index (χ2v) is 4.54. The summed E-state index contributed by atoms with van der Waals surface area (Å²) in [6.07, 6.45) is 0.895. The molecule has 4 nitrogen and oxygen atoms in total. The molecule has 0 spiro atoms. The zero-order valence-corrected chi connectivity index (χ0v) is 11.7. The number of carbonyl (C=O) groups excluding carboxylic acids is 2. The largest absolute Gasteiger partial charge is 0.326 e. The van der Waals surface area contributed by atoms with E-state index in [0.29, 0.717) is 12.8 Å². The van der Waals surface area contributed by atoms with E-state index >= 15 is 0 Å². The van der Waals surface area contributed by atoms with E-state index in [0.717, 1.165) is 22.1 Å². The zero-order valence-electron chi connectivity index (χ0n) is 11.7. The van der Waals surface area contributed by atoms with Crippen molar-refractivity contribution in [3.63, 3.8) is 0 Å². The Morgan fingerprint density at radius 2 is 1.65 bits per heavy atom. The highest BCUT2D eigenvalue weighted by Gasteiger charge is 2.05. The average molecular weight is 270 g/mol. The van der Waals surface area contributed by atoms with Gasteiger partial charge in [0.05, 0.1) is 0 Å². The molecule has 0 radical (unpaired) electrons. The van der Waals surface area contributed by atoms with E-state index < -0.39 is 0 Å². The summed E-state index contributed by atoms with van der Waals surface area (Å²) >= 11 is 0. The van der Waals surface area contributed by atoms with Crippen molar-refractivity contribution in [2.75, 3.05) is 10.6 Å². The number of carbonyl (C=O) groups is 2. The lowest BCUT2D eigenvalue weighted by Crippen LogP contribution is -2.10. The fourth-order valence-electron chi connectivity index (χ4n) is 1.96. The molecule has 0 aliphatic carbocycles. The van der Waals surface area contributed by atoms with Gasteiger partial charge in [-0.05, 0) is 23.6 Å². The minimum absolute atomic E-state index is 0.0131. The van der Waals surface area contributed by atoms with Crippen LogP contribution in [0.5, 0.6) is 0 Å². The number of hydrogen-bond donors (Lipinski definition) is 2. The van der Waals surface area contributed by atoms with Gasteiger partial charge < -0.3 is 10.6 Å². The molecule has 2 rings (SSSR count). The highest BCUT2D eigenvalue weighted by Crippen LogP contribution is 2.26. The van der Waals surface area contributed by atoms with E-state index in [2.05, 4.69) is 10.6 Å². The third-order valence-electron chi connectivity index (χ3n) is 3.08. The zero-order chi connectivity index (χ0) is 14.5. The van der Waals surface area contributed by atoms with Crippen LogP contribution in [0.15, 0.2) is 36.4 Å². The van der Waals surface area contributed by atoms with Crippen LogP contribution in [0, 0.1) is 0 Å². The van der Waals surface area contributed by atoms with Crippen LogP contribution in [0.25, 0.3) is 10.8 Å². The fraction of sp³-hybridized carbons (Fsp3) is 0.250. The number of hydrogen-bond acceptors (Lipinski definition) is 2. The molecule has 0 heterocycles. The third kappa shape index (κ3) is 3.15. The second kappa shape index (κ2) is 6.19. The SMILES string of the molecule is CCC(=O)Nc1ccc2c(NC(=O)CC)cccc2c1. The number of benzene rings is 2. The molecule has 0 bridgehead atoms. The number of amides is 2. The summed E-state index contributed by atoms with van der Waals surface area (Å²) in [4.78, 5) is 22.9. The highest BCUT2D eigenvalue weighted by atomic mass is 16.2. The van der Waals surface area contributed by atoms with E-state index in [9.17, 15) is 9.59 Å².